The maximum Gasteiger partial charge on any atom is 0.156 e. The van der Waals surface area contributed by atoms with Crippen molar-refractivity contribution in [2.75, 3.05) is 6.26 Å². The van der Waals surface area contributed by atoms with Crippen LogP contribution in [0.2, 0.25) is 0 Å². The fourth-order valence-corrected chi connectivity index (χ4v) is 5.47. The van der Waals surface area contributed by atoms with E-state index in [4.69, 9.17) is 9.97 Å². The molecular formula is C34H29N3O2S. The quantitative estimate of drug-likeness (QED) is 0.222. The fraction of sp³-hybridized carbons (Fsp3) is 0.147. The summed E-state index contributed by atoms with van der Waals surface area (Å²) in [6, 6.07) is 32.1. The van der Waals surface area contributed by atoms with Gasteiger partial charge in [-0.1, -0.05) is 66.2 Å². The topological polar surface area (TPSA) is 72.8 Å². The molecule has 0 spiro atoms. The van der Waals surface area contributed by atoms with Crippen molar-refractivity contribution in [2.24, 2.45) is 0 Å². The molecule has 0 saturated heterocycles. The van der Waals surface area contributed by atoms with E-state index < -0.39 is 14.6 Å². The van der Waals surface area contributed by atoms with Crippen LogP contribution in [0.4, 0.5) is 0 Å². The Hall–Kier alpha value is -4.42. The molecule has 4 aromatic carbocycles. The number of benzene rings is 4. The standard InChI is InChI=1S/C34H29N3O2S/c1-22-14-16-23(17-15-22)32-33(37-30-13-6-5-12-29(30)36-32)25-10-7-9-24(19-25)28-21-27(34(2,3)40(4,38)39)20-26-11-8-18-35-31(26)28/h5-21H,1-4H3. The summed E-state index contributed by atoms with van der Waals surface area (Å²) in [4.78, 5) is 14.8. The molecule has 198 valence electrons. The van der Waals surface area contributed by atoms with Gasteiger partial charge in [0.2, 0.25) is 0 Å². The van der Waals surface area contributed by atoms with Gasteiger partial charge in [-0.15, -0.1) is 0 Å². The highest BCUT2D eigenvalue weighted by Crippen LogP contribution is 2.38. The van der Waals surface area contributed by atoms with Crippen molar-refractivity contribution >= 4 is 31.8 Å². The lowest BCUT2D eigenvalue weighted by atomic mass is 9.92. The molecule has 2 heterocycles. The summed E-state index contributed by atoms with van der Waals surface area (Å²) in [5.41, 5.74) is 9.69. The Morgan fingerprint density at radius 2 is 1.32 bits per heavy atom. The highest BCUT2D eigenvalue weighted by atomic mass is 32.2. The van der Waals surface area contributed by atoms with E-state index in [0.29, 0.717) is 0 Å². The van der Waals surface area contributed by atoms with Gasteiger partial charge in [-0.2, -0.15) is 0 Å². The minimum atomic E-state index is -3.37. The van der Waals surface area contributed by atoms with Gasteiger partial charge in [0.1, 0.15) is 0 Å². The van der Waals surface area contributed by atoms with Crippen LogP contribution < -0.4 is 0 Å². The molecule has 0 saturated carbocycles. The van der Waals surface area contributed by atoms with Gasteiger partial charge in [0.25, 0.3) is 0 Å². The Balaban J connectivity index is 1.59. The average molecular weight is 544 g/mol. The van der Waals surface area contributed by atoms with Crippen molar-refractivity contribution in [1.29, 1.82) is 0 Å². The van der Waals surface area contributed by atoms with Crippen LogP contribution in [0.3, 0.4) is 0 Å². The molecule has 6 rings (SSSR count). The maximum absolute atomic E-state index is 12.7. The molecule has 6 aromatic rings. The van der Waals surface area contributed by atoms with Crippen LogP contribution in [0.15, 0.2) is 103 Å². The van der Waals surface area contributed by atoms with Gasteiger partial charge in [0.05, 0.1) is 32.7 Å². The Morgan fingerprint density at radius 1 is 0.675 bits per heavy atom. The van der Waals surface area contributed by atoms with Gasteiger partial charge in [-0.25, -0.2) is 18.4 Å². The van der Waals surface area contributed by atoms with Gasteiger partial charge >= 0.3 is 0 Å². The normalized spacial score (nSPS) is 12.2. The van der Waals surface area contributed by atoms with E-state index in [-0.39, 0.29) is 0 Å². The molecule has 40 heavy (non-hydrogen) atoms. The van der Waals surface area contributed by atoms with Crippen molar-refractivity contribution in [2.45, 2.75) is 25.5 Å². The highest BCUT2D eigenvalue weighted by Gasteiger charge is 2.33. The summed E-state index contributed by atoms with van der Waals surface area (Å²) < 4.78 is 24.4. The van der Waals surface area contributed by atoms with Crippen molar-refractivity contribution in [3.63, 3.8) is 0 Å². The molecule has 0 radical (unpaired) electrons. The number of hydrogen-bond acceptors (Lipinski definition) is 5. The molecule has 0 atom stereocenters. The molecule has 0 fully saturated rings. The van der Waals surface area contributed by atoms with Gasteiger partial charge in [-0.05, 0) is 68.3 Å². The third-order valence-electron chi connectivity index (χ3n) is 7.67. The van der Waals surface area contributed by atoms with Crippen molar-refractivity contribution in [3.8, 4) is 33.6 Å². The third kappa shape index (κ3) is 4.54. The summed E-state index contributed by atoms with van der Waals surface area (Å²) in [6.07, 6.45) is 3.05. The second-order valence-electron chi connectivity index (χ2n) is 10.7. The van der Waals surface area contributed by atoms with Crippen LogP contribution in [0, 0.1) is 6.92 Å². The van der Waals surface area contributed by atoms with E-state index in [2.05, 4.69) is 42.2 Å². The van der Waals surface area contributed by atoms with Crippen LogP contribution in [0.5, 0.6) is 0 Å². The Morgan fingerprint density at radius 3 is 2.00 bits per heavy atom. The van der Waals surface area contributed by atoms with Gasteiger partial charge in [0.15, 0.2) is 9.84 Å². The van der Waals surface area contributed by atoms with Crippen LogP contribution in [-0.2, 0) is 14.6 Å². The Bertz CT molecular complexity index is 2010. The van der Waals surface area contributed by atoms with Crippen LogP contribution >= 0.6 is 0 Å². The summed E-state index contributed by atoms with van der Waals surface area (Å²) in [5, 5.41) is 0.892. The molecule has 0 aliphatic heterocycles. The first-order valence-corrected chi connectivity index (χ1v) is 15.0. The zero-order chi connectivity index (χ0) is 28.1. The summed E-state index contributed by atoms with van der Waals surface area (Å²) in [5.74, 6) is 0. The molecule has 0 aliphatic rings. The van der Waals surface area contributed by atoms with E-state index in [1.165, 1.54) is 11.8 Å². The lowest BCUT2D eigenvalue weighted by Crippen LogP contribution is -2.28. The monoisotopic (exact) mass is 543 g/mol. The summed E-state index contributed by atoms with van der Waals surface area (Å²) >= 11 is 0. The molecular weight excluding hydrogens is 514 g/mol. The van der Waals surface area contributed by atoms with E-state index in [9.17, 15) is 8.42 Å². The van der Waals surface area contributed by atoms with E-state index in [1.54, 1.807) is 20.0 Å². The predicted molar refractivity (Wildman–Crippen MR) is 164 cm³/mol. The Kier molecular flexibility index (Phi) is 6.23. The van der Waals surface area contributed by atoms with Crippen LogP contribution in [0.1, 0.15) is 25.0 Å². The zero-order valence-electron chi connectivity index (χ0n) is 22.9. The smallest absolute Gasteiger partial charge is 0.156 e. The number of aromatic nitrogens is 3. The second-order valence-corrected chi connectivity index (χ2v) is 13.3. The molecule has 0 amide bonds. The number of pyridine rings is 1. The second kappa shape index (κ2) is 9.65. The lowest BCUT2D eigenvalue weighted by Gasteiger charge is -2.24. The first-order valence-electron chi connectivity index (χ1n) is 13.2. The number of hydrogen-bond donors (Lipinski definition) is 0. The van der Waals surface area contributed by atoms with Gasteiger partial charge in [0, 0.05) is 34.5 Å². The van der Waals surface area contributed by atoms with Gasteiger partial charge in [-0.3, -0.25) is 4.98 Å². The highest BCUT2D eigenvalue weighted by molar-refractivity contribution is 7.91. The van der Waals surface area contributed by atoms with Gasteiger partial charge < -0.3 is 0 Å². The third-order valence-corrected chi connectivity index (χ3v) is 9.76. The molecule has 0 N–H and O–H groups in total. The van der Waals surface area contributed by atoms with E-state index in [0.717, 1.165) is 61.1 Å². The minimum Gasteiger partial charge on any atom is -0.256 e. The Labute approximate surface area is 234 Å². The number of aryl methyl sites for hydroxylation is 1. The SMILES string of the molecule is Cc1ccc(-c2nc3ccccc3nc2-c2cccc(-c3cc(C(C)(C)S(C)(=O)=O)cc4cccnc34)c2)cc1. The van der Waals surface area contributed by atoms with Crippen molar-refractivity contribution in [1.82, 2.24) is 15.0 Å². The maximum atomic E-state index is 12.7. The number of fused-ring (bicyclic) bond motifs is 2. The minimum absolute atomic E-state index is 0.724. The first-order chi connectivity index (χ1) is 19.1. The summed E-state index contributed by atoms with van der Waals surface area (Å²) in [7, 11) is -3.37. The summed E-state index contributed by atoms with van der Waals surface area (Å²) in [6.45, 7) is 5.56. The van der Waals surface area contributed by atoms with Crippen molar-refractivity contribution in [3.05, 3.63) is 114 Å². The molecule has 2 aromatic heterocycles. The van der Waals surface area contributed by atoms with E-state index in [1.807, 2.05) is 66.7 Å². The zero-order valence-corrected chi connectivity index (χ0v) is 23.7. The predicted octanol–water partition coefficient (Wildman–Crippen LogP) is 7.77. The first kappa shape index (κ1) is 25.8. The lowest BCUT2D eigenvalue weighted by molar-refractivity contribution is 0.561. The van der Waals surface area contributed by atoms with Crippen LogP contribution in [0.25, 0.3) is 55.6 Å². The number of rotatable bonds is 5. The molecule has 0 aliphatic carbocycles. The number of para-hydroxylation sites is 2. The number of nitrogens with zero attached hydrogens (tertiary/aromatic N) is 3. The van der Waals surface area contributed by atoms with Crippen LogP contribution in [-0.4, -0.2) is 29.6 Å². The van der Waals surface area contributed by atoms with E-state index >= 15 is 0 Å². The molecule has 0 bridgehead atoms. The average Bonchev–Trinajstić information content (AvgIpc) is 2.96. The fourth-order valence-electron chi connectivity index (χ4n) is 4.92. The molecule has 5 nitrogen and oxygen atoms in total. The number of sulfone groups is 1. The largest absolute Gasteiger partial charge is 0.256 e. The van der Waals surface area contributed by atoms with Crippen molar-refractivity contribution < 1.29 is 8.42 Å². The molecule has 0 unspecified atom stereocenters. The molecule has 6 heteroatoms.